The summed E-state index contributed by atoms with van der Waals surface area (Å²) in [5.74, 6) is -0.359. The largest absolute Gasteiger partial charge is 0.497 e. The first-order valence-corrected chi connectivity index (χ1v) is 7.39. The molecule has 7 heteroatoms. The Morgan fingerprint density at radius 3 is 2.21 bits per heavy atom. The molecule has 0 heterocycles. The number of methoxy groups -OCH3 is 1. The van der Waals surface area contributed by atoms with Crippen LogP contribution in [-0.4, -0.2) is 19.0 Å². The molecule has 5 nitrogen and oxygen atoms in total. The number of carbonyl (C=O) groups is 1. The number of halogens is 2. The number of carbonyl (C=O) groups excluding carboxylic acids is 1. The third kappa shape index (κ3) is 5.44. The topological polar surface area (TPSA) is 90.7 Å². The molecule has 0 bridgehead atoms. The number of nitrogens with zero attached hydrogens (tertiary/aromatic N) is 1. The summed E-state index contributed by atoms with van der Waals surface area (Å²) in [6.45, 7) is 0. The van der Waals surface area contributed by atoms with Gasteiger partial charge in [0.15, 0.2) is 5.96 Å². The Kier molecular flexibility index (Phi) is 7.55. The molecule has 0 saturated heterocycles. The van der Waals surface area contributed by atoms with Crippen molar-refractivity contribution in [1.29, 1.82) is 0 Å². The molecule has 0 aliphatic carbocycles. The summed E-state index contributed by atoms with van der Waals surface area (Å²) in [5, 5.41) is 0.603. The van der Waals surface area contributed by atoms with Crippen molar-refractivity contribution in [2.75, 3.05) is 7.11 Å². The van der Waals surface area contributed by atoms with Crippen LogP contribution in [0.25, 0.3) is 0 Å². The Balaban J connectivity index is 0.00000288. The first kappa shape index (κ1) is 19.8. The van der Waals surface area contributed by atoms with Gasteiger partial charge in [-0.25, -0.2) is 0 Å². The zero-order valence-corrected chi connectivity index (χ0v) is 14.7. The summed E-state index contributed by atoms with van der Waals surface area (Å²) in [5.41, 5.74) is 12.5. The molecule has 0 aliphatic heterocycles. The van der Waals surface area contributed by atoms with Crippen LogP contribution in [0.4, 0.5) is 0 Å². The van der Waals surface area contributed by atoms with Gasteiger partial charge in [0, 0.05) is 5.02 Å². The van der Waals surface area contributed by atoms with Gasteiger partial charge >= 0.3 is 0 Å². The van der Waals surface area contributed by atoms with E-state index in [1.54, 1.807) is 31.4 Å². The number of hydrogen-bond donors (Lipinski definition) is 2. The average molecular weight is 368 g/mol. The van der Waals surface area contributed by atoms with Crippen molar-refractivity contribution in [2.45, 2.75) is 12.3 Å². The number of amides is 1. The Hall–Kier alpha value is -2.24. The number of nitrogens with two attached hydrogens (primary N) is 2. The molecule has 0 aliphatic rings. The van der Waals surface area contributed by atoms with Crippen molar-refractivity contribution >= 4 is 35.9 Å². The van der Waals surface area contributed by atoms with Crippen LogP contribution in [0.15, 0.2) is 53.5 Å². The van der Waals surface area contributed by atoms with E-state index in [1.165, 1.54) is 0 Å². The summed E-state index contributed by atoms with van der Waals surface area (Å²) in [6, 6.07) is 14.6. The number of ether oxygens (including phenoxy) is 1. The molecule has 1 amide bonds. The standard InChI is InChI=1S/C17H18ClN3O2.ClH/c1-23-14-8-2-11(3-9-14)10-15(16(22)21-17(19)20)12-4-6-13(18)7-5-12;/h2-9,15H,10H2,1H3,(H4,19,20,21,22);1H. The van der Waals surface area contributed by atoms with Crippen LogP contribution in [0.5, 0.6) is 5.75 Å². The SMILES string of the molecule is COc1ccc(CC(C(=O)N=C(N)N)c2ccc(Cl)cc2)cc1.Cl. The number of guanidine groups is 1. The fourth-order valence-corrected chi connectivity index (χ4v) is 2.37. The van der Waals surface area contributed by atoms with E-state index in [9.17, 15) is 4.79 Å². The molecule has 4 N–H and O–H groups in total. The first-order chi connectivity index (χ1) is 11.0. The van der Waals surface area contributed by atoms with E-state index < -0.39 is 5.92 Å². The van der Waals surface area contributed by atoms with Crippen LogP contribution < -0.4 is 16.2 Å². The highest BCUT2D eigenvalue weighted by molar-refractivity contribution is 6.30. The van der Waals surface area contributed by atoms with Crippen LogP contribution in [0.3, 0.4) is 0 Å². The second-order valence-electron chi connectivity index (χ2n) is 5.03. The summed E-state index contributed by atoms with van der Waals surface area (Å²) in [4.78, 5) is 16.0. The van der Waals surface area contributed by atoms with Crippen molar-refractivity contribution in [3.8, 4) is 5.75 Å². The van der Waals surface area contributed by atoms with Gasteiger partial charge in [0.2, 0.25) is 0 Å². The Morgan fingerprint density at radius 1 is 1.12 bits per heavy atom. The molecule has 0 fully saturated rings. The summed E-state index contributed by atoms with van der Waals surface area (Å²) in [7, 11) is 1.60. The lowest BCUT2D eigenvalue weighted by Gasteiger charge is -2.14. The Bertz CT molecular complexity index is 697. The Morgan fingerprint density at radius 2 is 1.71 bits per heavy atom. The summed E-state index contributed by atoms with van der Waals surface area (Å²) >= 11 is 5.91. The smallest absolute Gasteiger partial charge is 0.256 e. The molecule has 1 unspecified atom stereocenters. The third-order valence-corrected chi connectivity index (χ3v) is 3.66. The molecule has 0 aromatic heterocycles. The molecule has 0 saturated carbocycles. The van der Waals surface area contributed by atoms with Crippen molar-refractivity contribution in [1.82, 2.24) is 0 Å². The van der Waals surface area contributed by atoms with Gasteiger partial charge in [0.25, 0.3) is 5.91 Å². The number of benzene rings is 2. The lowest BCUT2D eigenvalue weighted by molar-refractivity contribution is -0.119. The molecule has 24 heavy (non-hydrogen) atoms. The van der Waals surface area contributed by atoms with Crippen LogP contribution >= 0.6 is 24.0 Å². The molecule has 2 aromatic carbocycles. The van der Waals surface area contributed by atoms with E-state index in [0.717, 1.165) is 16.9 Å². The monoisotopic (exact) mass is 367 g/mol. The van der Waals surface area contributed by atoms with Gasteiger partial charge in [0.1, 0.15) is 5.75 Å². The van der Waals surface area contributed by atoms with Gasteiger partial charge in [-0.15, -0.1) is 12.4 Å². The van der Waals surface area contributed by atoms with Gasteiger partial charge < -0.3 is 16.2 Å². The number of aliphatic imine (C=N–C) groups is 1. The normalized spacial score (nSPS) is 11.1. The zero-order chi connectivity index (χ0) is 16.8. The lowest BCUT2D eigenvalue weighted by atomic mass is 9.91. The molecule has 2 aromatic rings. The predicted molar refractivity (Wildman–Crippen MR) is 99.0 cm³/mol. The maximum atomic E-state index is 12.4. The minimum Gasteiger partial charge on any atom is -0.497 e. The van der Waals surface area contributed by atoms with Gasteiger partial charge in [-0.2, -0.15) is 4.99 Å². The summed E-state index contributed by atoms with van der Waals surface area (Å²) < 4.78 is 5.14. The quantitative estimate of drug-likeness (QED) is 0.627. The van der Waals surface area contributed by atoms with Gasteiger partial charge in [-0.05, 0) is 41.8 Å². The molecule has 0 radical (unpaired) electrons. The molecular weight excluding hydrogens is 349 g/mol. The molecule has 2 rings (SSSR count). The molecule has 128 valence electrons. The van der Waals surface area contributed by atoms with E-state index >= 15 is 0 Å². The summed E-state index contributed by atoms with van der Waals surface area (Å²) in [6.07, 6.45) is 0.473. The van der Waals surface area contributed by atoms with Gasteiger partial charge in [0.05, 0.1) is 13.0 Å². The van der Waals surface area contributed by atoms with E-state index in [1.807, 2.05) is 24.3 Å². The van der Waals surface area contributed by atoms with Gasteiger partial charge in [-0.3, -0.25) is 4.79 Å². The number of rotatable bonds is 5. The van der Waals surface area contributed by atoms with E-state index in [2.05, 4.69) is 4.99 Å². The van der Waals surface area contributed by atoms with Crippen LogP contribution in [0.1, 0.15) is 17.0 Å². The third-order valence-electron chi connectivity index (χ3n) is 3.41. The lowest BCUT2D eigenvalue weighted by Crippen LogP contribution is -2.26. The highest BCUT2D eigenvalue weighted by atomic mass is 35.5. The maximum Gasteiger partial charge on any atom is 0.256 e. The minimum atomic E-state index is -0.484. The van der Waals surface area contributed by atoms with Crippen molar-refractivity contribution in [2.24, 2.45) is 16.5 Å². The number of hydrogen-bond acceptors (Lipinski definition) is 2. The highest BCUT2D eigenvalue weighted by Gasteiger charge is 2.21. The second kappa shape index (κ2) is 9.15. The average Bonchev–Trinajstić information content (AvgIpc) is 2.53. The van der Waals surface area contributed by atoms with Crippen molar-refractivity contribution in [3.63, 3.8) is 0 Å². The fourth-order valence-electron chi connectivity index (χ4n) is 2.25. The zero-order valence-electron chi connectivity index (χ0n) is 13.1. The fraction of sp³-hybridized carbons (Fsp3) is 0.176. The van der Waals surface area contributed by atoms with E-state index in [-0.39, 0.29) is 24.3 Å². The molecular formula is C17H19Cl2N3O2. The van der Waals surface area contributed by atoms with E-state index in [0.29, 0.717) is 11.4 Å². The maximum absolute atomic E-state index is 12.4. The molecule has 0 spiro atoms. The van der Waals surface area contributed by atoms with E-state index in [4.69, 9.17) is 27.8 Å². The second-order valence-corrected chi connectivity index (χ2v) is 5.47. The predicted octanol–water partition coefficient (Wildman–Crippen LogP) is 2.90. The van der Waals surface area contributed by atoms with Crippen LogP contribution in [0, 0.1) is 0 Å². The highest BCUT2D eigenvalue weighted by Crippen LogP contribution is 2.25. The first-order valence-electron chi connectivity index (χ1n) is 7.01. The van der Waals surface area contributed by atoms with Gasteiger partial charge in [-0.1, -0.05) is 35.9 Å². The molecule has 1 atom stereocenters. The van der Waals surface area contributed by atoms with Crippen LogP contribution in [-0.2, 0) is 11.2 Å². The Labute approximate surface area is 152 Å². The van der Waals surface area contributed by atoms with Crippen LogP contribution in [0.2, 0.25) is 5.02 Å². The minimum absolute atomic E-state index is 0. The van der Waals surface area contributed by atoms with Crippen molar-refractivity contribution < 1.29 is 9.53 Å². The van der Waals surface area contributed by atoms with Crippen molar-refractivity contribution in [3.05, 3.63) is 64.7 Å².